The summed E-state index contributed by atoms with van der Waals surface area (Å²) in [6, 6.07) is 16.4. The quantitative estimate of drug-likeness (QED) is 0.871. The SMILES string of the molecule is CN(Cc1ccccc1)C(CN)c1ccc(Br)cc1Cl. The Labute approximate surface area is 133 Å². The lowest BCUT2D eigenvalue weighted by atomic mass is 10.0. The summed E-state index contributed by atoms with van der Waals surface area (Å²) in [5, 5.41) is 0.745. The lowest BCUT2D eigenvalue weighted by Crippen LogP contribution is -2.30. The van der Waals surface area contributed by atoms with E-state index >= 15 is 0 Å². The van der Waals surface area contributed by atoms with Crippen molar-refractivity contribution in [3.05, 3.63) is 69.2 Å². The molecule has 20 heavy (non-hydrogen) atoms. The predicted octanol–water partition coefficient (Wildman–Crippen LogP) is 4.23. The number of likely N-dealkylation sites (N-methyl/N-ethyl adjacent to an activating group) is 1. The van der Waals surface area contributed by atoms with Crippen molar-refractivity contribution >= 4 is 27.5 Å². The van der Waals surface area contributed by atoms with Gasteiger partial charge in [-0.25, -0.2) is 0 Å². The van der Waals surface area contributed by atoms with Gasteiger partial charge >= 0.3 is 0 Å². The number of halogens is 2. The largest absolute Gasteiger partial charge is 0.329 e. The molecule has 4 heteroatoms. The van der Waals surface area contributed by atoms with Gasteiger partial charge < -0.3 is 5.73 Å². The van der Waals surface area contributed by atoms with Crippen LogP contribution in [0.25, 0.3) is 0 Å². The maximum Gasteiger partial charge on any atom is 0.0485 e. The summed E-state index contributed by atoms with van der Waals surface area (Å²) in [4.78, 5) is 2.23. The Morgan fingerprint density at radius 2 is 1.90 bits per heavy atom. The number of nitrogens with two attached hydrogens (primary N) is 1. The molecule has 2 nitrogen and oxygen atoms in total. The molecule has 2 aromatic carbocycles. The van der Waals surface area contributed by atoms with Gasteiger partial charge in [0.1, 0.15) is 0 Å². The maximum absolute atomic E-state index is 6.34. The molecular formula is C16H18BrClN2. The highest BCUT2D eigenvalue weighted by Crippen LogP contribution is 2.29. The molecule has 0 aliphatic heterocycles. The van der Waals surface area contributed by atoms with E-state index in [-0.39, 0.29) is 6.04 Å². The highest BCUT2D eigenvalue weighted by molar-refractivity contribution is 9.10. The van der Waals surface area contributed by atoms with Gasteiger partial charge in [0.25, 0.3) is 0 Å². The Hall–Kier alpha value is -0.870. The van der Waals surface area contributed by atoms with Gasteiger partial charge in [-0.3, -0.25) is 4.90 Å². The predicted molar refractivity (Wildman–Crippen MR) is 88.9 cm³/mol. The summed E-state index contributed by atoms with van der Waals surface area (Å²) < 4.78 is 0.979. The fourth-order valence-electron chi connectivity index (χ4n) is 2.30. The van der Waals surface area contributed by atoms with E-state index in [1.165, 1.54) is 5.56 Å². The van der Waals surface area contributed by atoms with Crippen molar-refractivity contribution in [2.24, 2.45) is 5.73 Å². The molecule has 1 unspecified atom stereocenters. The number of benzene rings is 2. The third-order valence-corrected chi connectivity index (χ3v) is 4.17. The van der Waals surface area contributed by atoms with Crippen molar-refractivity contribution in [2.45, 2.75) is 12.6 Å². The van der Waals surface area contributed by atoms with Crippen LogP contribution in [0.4, 0.5) is 0 Å². The molecular weight excluding hydrogens is 336 g/mol. The van der Waals surface area contributed by atoms with E-state index < -0.39 is 0 Å². The molecule has 0 saturated heterocycles. The maximum atomic E-state index is 6.34. The zero-order valence-electron chi connectivity index (χ0n) is 11.4. The molecule has 0 aromatic heterocycles. The molecule has 0 spiro atoms. The summed E-state index contributed by atoms with van der Waals surface area (Å²) in [7, 11) is 2.07. The zero-order chi connectivity index (χ0) is 14.5. The Bertz CT molecular complexity index is 560. The van der Waals surface area contributed by atoms with Gasteiger partial charge in [-0.2, -0.15) is 0 Å². The Morgan fingerprint density at radius 3 is 2.50 bits per heavy atom. The van der Waals surface area contributed by atoms with E-state index in [1.54, 1.807) is 0 Å². The van der Waals surface area contributed by atoms with Gasteiger partial charge in [-0.15, -0.1) is 0 Å². The monoisotopic (exact) mass is 352 g/mol. The van der Waals surface area contributed by atoms with E-state index in [0.717, 1.165) is 21.6 Å². The van der Waals surface area contributed by atoms with Crippen LogP contribution in [0.2, 0.25) is 5.02 Å². The molecule has 1 atom stereocenters. The Kier molecular flexibility index (Phi) is 5.61. The van der Waals surface area contributed by atoms with Crippen LogP contribution >= 0.6 is 27.5 Å². The van der Waals surface area contributed by atoms with Crippen molar-refractivity contribution in [1.29, 1.82) is 0 Å². The number of hydrogen-bond acceptors (Lipinski definition) is 2. The van der Waals surface area contributed by atoms with Crippen LogP contribution in [0.3, 0.4) is 0 Å². The van der Waals surface area contributed by atoms with Crippen LogP contribution in [-0.2, 0) is 6.54 Å². The van der Waals surface area contributed by atoms with E-state index in [0.29, 0.717) is 6.54 Å². The first kappa shape index (κ1) is 15.5. The van der Waals surface area contributed by atoms with E-state index in [4.69, 9.17) is 17.3 Å². The first-order valence-corrected chi connectivity index (χ1v) is 7.68. The minimum atomic E-state index is 0.107. The Morgan fingerprint density at radius 1 is 1.20 bits per heavy atom. The lowest BCUT2D eigenvalue weighted by Gasteiger charge is -2.28. The van der Waals surface area contributed by atoms with Gasteiger partial charge in [0.05, 0.1) is 0 Å². The lowest BCUT2D eigenvalue weighted by molar-refractivity contribution is 0.242. The van der Waals surface area contributed by atoms with Crippen molar-refractivity contribution < 1.29 is 0 Å². The van der Waals surface area contributed by atoms with E-state index in [1.807, 2.05) is 36.4 Å². The topological polar surface area (TPSA) is 29.3 Å². The summed E-state index contributed by atoms with van der Waals surface area (Å²) in [5.74, 6) is 0. The van der Waals surface area contributed by atoms with Crippen LogP contribution in [0, 0.1) is 0 Å². The second-order valence-corrected chi connectivity index (χ2v) is 6.14. The molecule has 0 amide bonds. The minimum Gasteiger partial charge on any atom is -0.329 e. The van der Waals surface area contributed by atoms with Crippen molar-refractivity contribution in [2.75, 3.05) is 13.6 Å². The third-order valence-electron chi connectivity index (χ3n) is 3.35. The molecule has 0 fully saturated rings. The summed E-state index contributed by atoms with van der Waals surface area (Å²) in [6.45, 7) is 1.37. The minimum absolute atomic E-state index is 0.107. The van der Waals surface area contributed by atoms with Crippen molar-refractivity contribution in [3.63, 3.8) is 0 Å². The summed E-state index contributed by atoms with van der Waals surface area (Å²) >= 11 is 9.77. The standard InChI is InChI=1S/C16H18BrClN2/c1-20(11-12-5-3-2-4-6-12)16(10-19)14-8-7-13(17)9-15(14)18/h2-9,16H,10-11,19H2,1H3. The van der Waals surface area contributed by atoms with Gasteiger partial charge in [0, 0.05) is 28.6 Å². The zero-order valence-corrected chi connectivity index (χ0v) is 13.7. The number of rotatable bonds is 5. The summed E-state index contributed by atoms with van der Waals surface area (Å²) in [5.41, 5.74) is 8.29. The van der Waals surface area contributed by atoms with Gasteiger partial charge in [0.2, 0.25) is 0 Å². The second kappa shape index (κ2) is 7.23. The molecule has 2 N–H and O–H groups in total. The molecule has 0 bridgehead atoms. The van der Waals surface area contributed by atoms with Gasteiger partial charge in [-0.1, -0.05) is 63.9 Å². The van der Waals surface area contributed by atoms with E-state index in [2.05, 4.69) is 40.0 Å². The number of nitrogens with zero attached hydrogens (tertiary/aromatic N) is 1. The highest BCUT2D eigenvalue weighted by Gasteiger charge is 2.18. The van der Waals surface area contributed by atoms with Gasteiger partial charge in [0.15, 0.2) is 0 Å². The summed E-state index contributed by atoms with van der Waals surface area (Å²) in [6.07, 6.45) is 0. The first-order chi connectivity index (χ1) is 9.61. The molecule has 0 aliphatic carbocycles. The Balaban J connectivity index is 2.19. The van der Waals surface area contributed by atoms with Crippen LogP contribution in [-0.4, -0.2) is 18.5 Å². The fraction of sp³-hybridized carbons (Fsp3) is 0.250. The van der Waals surface area contributed by atoms with Crippen molar-refractivity contribution in [1.82, 2.24) is 4.90 Å². The van der Waals surface area contributed by atoms with E-state index in [9.17, 15) is 0 Å². The second-order valence-electron chi connectivity index (χ2n) is 4.82. The molecule has 2 aromatic rings. The van der Waals surface area contributed by atoms with Crippen LogP contribution in [0.5, 0.6) is 0 Å². The average molecular weight is 354 g/mol. The van der Waals surface area contributed by atoms with Crippen LogP contribution in [0.15, 0.2) is 53.0 Å². The highest BCUT2D eigenvalue weighted by atomic mass is 79.9. The van der Waals surface area contributed by atoms with Crippen molar-refractivity contribution in [3.8, 4) is 0 Å². The normalized spacial score (nSPS) is 12.7. The first-order valence-electron chi connectivity index (χ1n) is 6.51. The smallest absolute Gasteiger partial charge is 0.0485 e. The van der Waals surface area contributed by atoms with Gasteiger partial charge in [-0.05, 0) is 30.3 Å². The van der Waals surface area contributed by atoms with Crippen LogP contribution in [0.1, 0.15) is 17.2 Å². The fourth-order valence-corrected chi connectivity index (χ4v) is 3.10. The third kappa shape index (κ3) is 3.83. The molecule has 2 rings (SSSR count). The number of hydrogen-bond donors (Lipinski definition) is 1. The molecule has 0 saturated carbocycles. The molecule has 0 radical (unpaired) electrons. The van der Waals surface area contributed by atoms with Crippen LogP contribution < -0.4 is 5.73 Å². The molecule has 0 heterocycles. The average Bonchev–Trinajstić information content (AvgIpc) is 2.43. The molecule has 106 valence electrons. The molecule has 0 aliphatic rings.